The van der Waals surface area contributed by atoms with Gasteiger partial charge in [0.1, 0.15) is 11.6 Å². The third-order valence-electron chi connectivity index (χ3n) is 2.05. The van der Waals surface area contributed by atoms with Gasteiger partial charge in [-0.05, 0) is 50.1 Å². The smallest absolute Gasteiger partial charge is 0.239 e. The van der Waals surface area contributed by atoms with Gasteiger partial charge in [-0.2, -0.15) is 4.98 Å². The van der Waals surface area contributed by atoms with E-state index >= 15 is 0 Å². The topological polar surface area (TPSA) is 75.9 Å². The first kappa shape index (κ1) is 13.2. The largest absolute Gasteiger partial charge is 0.338 e. The van der Waals surface area contributed by atoms with Crippen LogP contribution in [0.25, 0.3) is 0 Å². The van der Waals surface area contributed by atoms with Crippen molar-refractivity contribution < 1.29 is 4.39 Å². The molecule has 0 unspecified atom stereocenters. The quantitative estimate of drug-likeness (QED) is 0.566. The number of anilines is 3. The normalized spacial score (nSPS) is 10.2. The Morgan fingerprint density at radius 2 is 2.00 bits per heavy atom. The second-order valence-corrected chi connectivity index (χ2v) is 4.99. The molecule has 0 saturated heterocycles. The molecule has 0 aliphatic carbocycles. The Labute approximate surface area is 119 Å². The average Bonchev–Trinajstić information content (AvgIpc) is 2.36. The maximum Gasteiger partial charge on any atom is 0.239 e. The van der Waals surface area contributed by atoms with Gasteiger partial charge in [0, 0.05) is 10.7 Å². The van der Waals surface area contributed by atoms with Crippen molar-refractivity contribution in [3.05, 3.63) is 39.2 Å². The maximum absolute atomic E-state index is 13.2. The predicted molar refractivity (Wildman–Crippen MR) is 74.9 cm³/mol. The van der Waals surface area contributed by atoms with Gasteiger partial charge >= 0.3 is 0 Å². The first-order valence-corrected chi connectivity index (χ1v) is 6.40. The molecule has 0 radical (unpaired) electrons. The molecule has 0 bridgehead atoms. The van der Waals surface area contributed by atoms with Crippen LogP contribution in [-0.4, -0.2) is 9.97 Å². The second-order valence-electron chi connectivity index (χ2n) is 3.28. The van der Waals surface area contributed by atoms with Crippen molar-refractivity contribution in [2.45, 2.75) is 0 Å². The standard InChI is InChI=1S/C10H8Br2FN5/c11-6-2-1-5(13)3-8(6)16-9-7(12)4-15-10(17-9)18-14/h1-4H,14H2,(H2,15,16,17,18). The molecule has 8 heteroatoms. The minimum absolute atomic E-state index is 0.258. The molecule has 94 valence electrons. The summed E-state index contributed by atoms with van der Waals surface area (Å²) in [5.74, 6) is 5.62. The van der Waals surface area contributed by atoms with E-state index in [1.807, 2.05) is 0 Å². The highest BCUT2D eigenvalue weighted by molar-refractivity contribution is 9.11. The summed E-state index contributed by atoms with van der Waals surface area (Å²) in [7, 11) is 0. The van der Waals surface area contributed by atoms with E-state index in [9.17, 15) is 4.39 Å². The molecule has 0 amide bonds. The lowest BCUT2D eigenvalue weighted by Crippen LogP contribution is -2.11. The van der Waals surface area contributed by atoms with Gasteiger partial charge in [-0.1, -0.05) is 0 Å². The molecular weight excluding hydrogens is 369 g/mol. The van der Waals surface area contributed by atoms with Gasteiger partial charge in [0.25, 0.3) is 0 Å². The first-order valence-electron chi connectivity index (χ1n) is 4.81. The van der Waals surface area contributed by atoms with Crippen molar-refractivity contribution in [1.29, 1.82) is 0 Å². The summed E-state index contributed by atoms with van der Waals surface area (Å²) < 4.78 is 14.5. The van der Waals surface area contributed by atoms with Crippen molar-refractivity contribution in [1.82, 2.24) is 9.97 Å². The molecule has 4 N–H and O–H groups in total. The fraction of sp³-hybridized carbons (Fsp3) is 0. The van der Waals surface area contributed by atoms with Gasteiger partial charge < -0.3 is 5.32 Å². The zero-order chi connectivity index (χ0) is 13.1. The molecule has 1 aromatic heterocycles. The number of aromatic nitrogens is 2. The van der Waals surface area contributed by atoms with Gasteiger partial charge in [0.2, 0.25) is 5.95 Å². The number of rotatable bonds is 3. The Morgan fingerprint density at radius 3 is 2.72 bits per heavy atom. The Kier molecular flexibility index (Phi) is 4.10. The number of hydrazine groups is 1. The van der Waals surface area contributed by atoms with Crippen LogP contribution < -0.4 is 16.6 Å². The van der Waals surface area contributed by atoms with Crippen LogP contribution >= 0.6 is 31.9 Å². The van der Waals surface area contributed by atoms with Crippen molar-refractivity contribution >= 4 is 49.3 Å². The number of hydrogen-bond donors (Lipinski definition) is 3. The summed E-state index contributed by atoms with van der Waals surface area (Å²) >= 11 is 6.61. The number of nitrogens with two attached hydrogens (primary N) is 1. The summed E-state index contributed by atoms with van der Waals surface area (Å²) in [6.07, 6.45) is 1.54. The van der Waals surface area contributed by atoms with Gasteiger partial charge in [-0.15, -0.1) is 0 Å². The molecule has 0 aliphatic heterocycles. The molecule has 5 nitrogen and oxygen atoms in total. The van der Waals surface area contributed by atoms with Crippen molar-refractivity contribution in [2.24, 2.45) is 5.84 Å². The number of nitrogens with one attached hydrogen (secondary N) is 2. The molecule has 2 aromatic rings. The summed E-state index contributed by atoms with van der Waals surface area (Å²) in [6.45, 7) is 0. The highest BCUT2D eigenvalue weighted by atomic mass is 79.9. The molecule has 1 aromatic carbocycles. The number of halogens is 3. The third kappa shape index (κ3) is 2.95. The van der Waals surface area contributed by atoms with Gasteiger partial charge in [-0.3, -0.25) is 5.43 Å². The second kappa shape index (κ2) is 5.59. The predicted octanol–water partition coefficient (Wildman–Crippen LogP) is 3.17. The zero-order valence-electron chi connectivity index (χ0n) is 8.92. The van der Waals surface area contributed by atoms with Crippen molar-refractivity contribution in [2.75, 3.05) is 10.7 Å². The van der Waals surface area contributed by atoms with Gasteiger partial charge in [-0.25, -0.2) is 15.2 Å². The molecule has 0 aliphatic rings. The summed E-state index contributed by atoms with van der Waals surface area (Å²) in [5, 5.41) is 2.98. The maximum atomic E-state index is 13.2. The van der Waals surface area contributed by atoms with E-state index in [4.69, 9.17) is 5.84 Å². The first-order chi connectivity index (χ1) is 8.60. The average molecular weight is 377 g/mol. The van der Waals surface area contributed by atoms with Crippen LogP contribution in [0.2, 0.25) is 0 Å². The fourth-order valence-corrected chi connectivity index (χ4v) is 1.88. The van der Waals surface area contributed by atoms with Crippen LogP contribution in [0.5, 0.6) is 0 Å². The van der Waals surface area contributed by atoms with Crippen LogP contribution in [0.1, 0.15) is 0 Å². The summed E-state index contributed by atoms with van der Waals surface area (Å²) in [4.78, 5) is 8.03. The van der Waals surface area contributed by atoms with Gasteiger partial charge in [0.05, 0.1) is 10.2 Å². The molecule has 18 heavy (non-hydrogen) atoms. The molecular formula is C10H8Br2FN5. The Balaban J connectivity index is 2.36. The van der Waals surface area contributed by atoms with Gasteiger partial charge in [0.15, 0.2) is 0 Å². The van der Waals surface area contributed by atoms with E-state index in [-0.39, 0.29) is 11.8 Å². The third-order valence-corrected chi connectivity index (χ3v) is 3.33. The lowest BCUT2D eigenvalue weighted by Gasteiger charge is -2.10. The summed E-state index contributed by atoms with van der Waals surface area (Å²) in [5.41, 5.74) is 2.89. The zero-order valence-corrected chi connectivity index (χ0v) is 12.1. The Bertz CT molecular complexity index is 578. The van der Waals surface area contributed by atoms with E-state index in [1.165, 1.54) is 18.3 Å². The number of nitrogen functional groups attached to an aromatic ring is 1. The molecule has 0 saturated carbocycles. The minimum Gasteiger partial charge on any atom is -0.338 e. The molecule has 0 atom stereocenters. The number of hydrogen-bond acceptors (Lipinski definition) is 5. The van der Waals surface area contributed by atoms with Crippen LogP contribution in [0.3, 0.4) is 0 Å². The van der Waals surface area contributed by atoms with Crippen molar-refractivity contribution in [3.63, 3.8) is 0 Å². The van der Waals surface area contributed by atoms with Crippen LogP contribution in [0.4, 0.5) is 21.8 Å². The SMILES string of the molecule is NNc1ncc(Br)c(Nc2cc(F)ccc2Br)n1. The lowest BCUT2D eigenvalue weighted by atomic mass is 10.3. The monoisotopic (exact) mass is 375 g/mol. The Morgan fingerprint density at radius 1 is 1.22 bits per heavy atom. The van der Waals surface area contributed by atoms with Crippen LogP contribution in [0.15, 0.2) is 33.3 Å². The number of nitrogens with zero attached hydrogens (tertiary/aromatic N) is 2. The molecule has 1 heterocycles. The molecule has 0 spiro atoms. The molecule has 2 rings (SSSR count). The van der Waals surface area contributed by atoms with E-state index in [0.717, 1.165) is 4.47 Å². The highest BCUT2D eigenvalue weighted by Gasteiger charge is 2.08. The van der Waals surface area contributed by atoms with Crippen molar-refractivity contribution in [3.8, 4) is 0 Å². The fourth-order valence-electron chi connectivity index (χ4n) is 1.25. The highest BCUT2D eigenvalue weighted by Crippen LogP contribution is 2.29. The number of benzene rings is 1. The van der Waals surface area contributed by atoms with E-state index < -0.39 is 0 Å². The van der Waals surface area contributed by atoms with E-state index in [0.29, 0.717) is 16.0 Å². The lowest BCUT2D eigenvalue weighted by molar-refractivity contribution is 0.628. The Hall–Kier alpha value is -1.25. The van der Waals surface area contributed by atoms with Crippen LogP contribution in [0, 0.1) is 5.82 Å². The van der Waals surface area contributed by atoms with E-state index in [2.05, 4.69) is 52.6 Å². The minimum atomic E-state index is -0.344. The summed E-state index contributed by atoms with van der Waals surface area (Å²) in [6, 6.07) is 4.32. The van der Waals surface area contributed by atoms with Crippen LogP contribution in [-0.2, 0) is 0 Å². The molecule has 0 fully saturated rings. The van der Waals surface area contributed by atoms with E-state index in [1.54, 1.807) is 6.07 Å².